The summed E-state index contributed by atoms with van der Waals surface area (Å²) in [4.78, 5) is 31.6. The average molecular weight is 381 g/mol. The number of carbonyl (C=O) groups is 1. The third kappa shape index (κ3) is 3.25. The number of ketones is 1. The van der Waals surface area contributed by atoms with Gasteiger partial charge in [-0.05, 0) is 23.6 Å². The Balaban J connectivity index is 1.75. The topological polar surface area (TPSA) is 62.8 Å². The summed E-state index contributed by atoms with van der Waals surface area (Å²) in [7, 11) is 0. The van der Waals surface area contributed by atoms with Crippen LogP contribution in [0.25, 0.3) is 10.2 Å². The molecule has 2 heterocycles. The summed E-state index contributed by atoms with van der Waals surface area (Å²) < 4.78 is 0.931. The van der Waals surface area contributed by atoms with E-state index in [1.807, 2.05) is 17.5 Å². The SMILES string of the molecule is O=C(CSc1nc2sccc2c(=O)[nH]1)c1ccc(Br)cc1. The zero-order chi connectivity index (χ0) is 14.8. The van der Waals surface area contributed by atoms with Crippen molar-refractivity contribution < 1.29 is 4.79 Å². The maximum absolute atomic E-state index is 12.1. The van der Waals surface area contributed by atoms with Crippen molar-refractivity contribution in [2.45, 2.75) is 5.16 Å². The molecular formula is C14H9BrN2O2S2. The Labute approximate surface area is 136 Å². The molecule has 0 atom stereocenters. The van der Waals surface area contributed by atoms with E-state index < -0.39 is 0 Å². The fourth-order valence-corrected chi connectivity index (χ4v) is 3.61. The summed E-state index contributed by atoms with van der Waals surface area (Å²) in [5.74, 6) is 0.239. The monoisotopic (exact) mass is 380 g/mol. The molecule has 1 N–H and O–H groups in total. The summed E-state index contributed by atoms with van der Waals surface area (Å²) in [6.07, 6.45) is 0. The number of thioether (sulfide) groups is 1. The minimum absolute atomic E-state index is 0.00132. The van der Waals surface area contributed by atoms with Gasteiger partial charge in [0, 0.05) is 10.0 Å². The van der Waals surface area contributed by atoms with E-state index in [9.17, 15) is 9.59 Å². The zero-order valence-electron chi connectivity index (χ0n) is 10.6. The molecule has 0 fully saturated rings. The van der Waals surface area contributed by atoms with Gasteiger partial charge in [0.05, 0.1) is 11.1 Å². The molecule has 0 saturated carbocycles. The van der Waals surface area contributed by atoms with Gasteiger partial charge in [-0.25, -0.2) is 4.98 Å². The molecule has 106 valence electrons. The summed E-state index contributed by atoms with van der Waals surface area (Å²) in [5, 5.41) is 2.89. The van der Waals surface area contributed by atoms with Crippen LogP contribution in [0.1, 0.15) is 10.4 Å². The number of nitrogens with one attached hydrogen (secondary N) is 1. The van der Waals surface area contributed by atoms with E-state index in [0.717, 1.165) is 4.47 Å². The van der Waals surface area contributed by atoms with Crippen molar-refractivity contribution in [2.75, 3.05) is 5.75 Å². The fraction of sp³-hybridized carbons (Fsp3) is 0.0714. The van der Waals surface area contributed by atoms with Gasteiger partial charge in [0.1, 0.15) is 4.83 Å². The Hall–Kier alpha value is -1.44. The van der Waals surface area contributed by atoms with E-state index in [1.54, 1.807) is 18.2 Å². The molecule has 2 aromatic heterocycles. The summed E-state index contributed by atoms with van der Waals surface area (Å²) in [5.41, 5.74) is 0.477. The average Bonchev–Trinajstić information content (AvgIpc) is 2.94. The van der Waals surface area contributed by atoms with E-state index in [1.165, 1.54) is 23.1 Å². The number of thiophene rings is 1. The predicted octanol–water partition coefficient (Wildman–Crippen LogP) is 3.72. The minimum Gasteiger partial charge on any atom is -0.301 e. The Bertz CT molecular complexity index is 855. The van der Waals surface area contributed by atoms with E-state index in [2.05, 4.69) is 25.9 Å². The van der Waals surface area contributed by atoms with Crippen LogP contribution in [0.5, 0.6) is 0 Å². The molecule has 4 nitrogen and oxygen atoms in total. The summed E-state index contributed by atoms with van der Waals surface area (Å²) in [6.45, 7) is 0. The van der Waals surface area contributed by atoms with Gasteiger partial charge < -0.3 is 4.98 Å². The van der Waals surface area contributed by atoms with E-state index >= 15 is 0 Å². The molecule has 0 radical (unpaired) electrons. The van der Waals surface area contributed by atoms with E-state index in [0.29, 0.717) is 20.9 Å². The number of aromatic nitrogens is 2. The molecule has 0 bridgehead atoms. The first-order valence-electron chi connectivity index (χ1n) is 6.02. The van der Waals surface area contributed by atoms with Crippen LogP contribution in [0.15, 0.2) is 50.1 Å². The second-order valence-electron chi connectivity index (χ2n) is 4.23. The first-order chi connectivity index (χ1) is 10.1. The number of hydrogen-bond acceptors (Lipinski definition) is 5. The number of benzene rings is 1. The molecule has 21 heavy (non-hydrogen) atoms. The number of Topliss-reactive ketones (excluding diaryl/α,β-unsaturated/α-hetero) is 1. The van der Waals surface area contributed by atoms with Crippen LogP contribution in [-0.4, -0.2) is 21.5 Å². The first kappa shape index (κ1) is 14.5. The number of carbonyl (C=O) groups excluding carboxylic acids is 1. The van der Waals surface area contributed by atoms with Gasteiger partial charge >= 0.3 is 0 Å². The van der Waals surface area contributed by atoms with Crippen molar-refractivity contribution in [3.8, 4) is 0 Å². The Kier molecular flexibility index (Phi) is 4.23. The number of nitrogens with zero attached hydrogens (tertiary/aromatic N) is 1. The molecule has 0 unspecified atom stereocenters. The highest BCUT2D eigenvalue weighted by atomic mass is 79.9. The zero-order valence-corrected chi connectivity index (χ0v) is 13.8. The van der Waals surface area contributed by atoms with Crippen molar-refractivity contribution in [1.29, 1.82) is 0 Å². The molecule has 3 aromatic rings. The lowest BCUT2D eigenvalue weighted by molar-refractivity contribution is 0.102. The smallest absolute Gasteiger partial charge is 0.260 e. The number of aromatic amines is 1. The van der Waals surface area contributed by atoms with Crippen LogP contribution in [0.3, 0.4) is 0 Å². The molecule has 0 saturated heterocycles. The lowest BCUT2D eigenvalue weighted by Crippen LogP contribution is -2.09. The normalized spacial score (nSPS) is 10.9. The number of fused-ring (bicyclic) bond motifs is 1. The predicted molar refractivity (Wildman–Crippen MR) is 89.4 cm³/mol. The maximum atomic E-state index is 12.1. The van der Waals surface area contributed by atoms with Gasteiger partial charge in [-0.2, -0.15) is 0 Å². The highest BCUT2D eigenvalue weighted by Crippen LogP contribution is 2.20. The van der Waals surface area contributed by atoms with Crippen LogP contribution >= 0.6 is 39.0 Å². The molecule has 1 aromatic carbocycles. The lowest BCUT2D eigenvalue weighted by Gasteiger charge is -2.01. The Morgan fingerprint density at radius 2 is 2.05 bits per heavy atom. The van der Waals surface area contributed by atoms with Crippen LogP contribution in [0.4, 0.5) is 0 Å². The van der Waals surface area contributed by atoms with Gasteiger partial charge in [-0.3, -0.25) is 9.59 Å². The molecule has 7 heteroatoms. The fourth-order valence-electron chi connectivity index (χ4n) is 1.77. The van der Waals surface area contributed by atoms with E-state index in [-0.39, 0.29) is 17.1 Å². The third-order valence-corrected chi connectivity index (χ3v) is 5.03. The number of rotatable bonds is 4. The molecule has 3 rings (SSSR count). The van der Waals surface area contributed by atoms with Crippen LogP contribution in [0.2, 0.25) is 0 Å². The molecule has 0 aliphatic carbocycles. The molecule has 0 aliphatic heterocycles. The van der Waals surface area contributed by atoms with Gasteiger partial charge in [0.15, 0.2) is 10.9 Å². The van der Waals surface area contributed by atoms with Gasteiger partial charge in [0.25, 0.3) is 5.56 Å². The van der Waals surface area contributed by atoms with Crippen molar-refractivity contribution in [3.05, 3.63) is 56.1 Å². The Morgan fingerprint density at radius 3 is 2.81 bits per heavy atom. The van der Waals surface area contributed by atoms with Crippen LogP contribution in [0, 0.1) is 0 Å². The first-order valence-corrected chi connectivity index (χ1v) is 8.68. The second-order valence-corrected chi connectivity index (χ2v) is 7.00. The number of H-pyrrole nitrogens is 1. The largest absolute Gasteiger partial charge is 0.301 e. The lowest BCUT2D eigenvalue weighted by atomic mass is 10.2. The highest BCUT2D eigenvalue weighted by molar-refractivity contribution is 9.10. The summed E-state index contributed by atoms with van der Waals surface area (Å²) >= 11 is 5.98. The van der Waals surface area contributed by atoms with Crippen molar-refractivity contribution in [1.82, 2.24) is 9.97 Å². The van der Waals surface area contributed by atoms with Crippen LogP contribution < -0.4 is 5.56 Å². The Morgan fingerprint density at radius 1 is 1.29 bits per heavy atom. The van der Waals surface area contributed by atoms with Crippen molar-refractivity contribution in [2.24, 2.45) is 0 Å². The molecule has 0 amide bonds. The van der Waals surface area contributed by atoms with Gasteiger partial charge in [0.2, 0.25) is 0 Å². The van der Waals surface area contributed by atoms with Crippen LogP contribution in [-0.2, 0) is 0 Å². The van der Waals surface area contributed by atoms with Crippen molar-refractivity contribution >= 4 is 55.0 Å². The number of hydrogen-bond donors (Lipinski definition) is 1. The van der Waals surface area contributed by atoms with Crippen molar-refractivity contribution in [3.63, 3.8) is 0 Å². The molecular weight excluding hydrogens is 372 g/mol. The standard InChI is InChI=1S/C14H9BrN2O2S2/c15-9-3-1-8(2-4-9)11(18)7-21-14-16-12(19)10-5-6-20-13(10)17-14/h1-6H,7H2,(H,16,17,19). The quantitative estimate of drug-likeness (QED) is 0.425. The third-order valence-electron chi connectivity index (χ3n) is 2.82. The number of halogens is 1. The summed E-state index contributed by atoms with van der Waals surface area (Å²) in [6, 6.07) is 8.94. The molecule has 0 aliphatic rings. The molecule has 0 spiro atoms. The minimum atomic E-state index is -0.167. The maximum Gasteiger partial charge on any atom is 0.260 e. The van der Waals surface area contributed by atoms with E-state index in [4.69, 9.17) is 0 Å². The van der Waals surface area contributed by atoms with Gasteiger partial charge in [-0.15, -0.1) is 11.3 Å². The highest BCUT2D eigenvalue weighted by Gasteiger charge is 2.10. The van der Waals surface area contributed by atoms with Gasteiger partial charge in [-0.1, -0.05) is 39.8 Å². The second kappa shape index (κ2) is 6.13.